The average Bonchev–Trinajstić information content (AvgIpc) is 2.62. The zero-order chi connectivity index (χ0) is 21.2. The van der Waals surface area contributed by atoms with E-state index in [2.05, 4.69) is 25.7 Å². The van der Waals surface area contributed by atoms with E-state index in [-0.39, 0.29) is 47.9 Å². The van der Waals surface area contributed by atoms with Crippen LogP contribution < -0.4 is 25.4 Å². The fourth-order valence-electron chi connectivity index (χ4n) is 2.21. The van der Waals surface area contributed by atoms with Gasteiger partial charge in [-0.25, -0.2) is 0 Å². The number of nitrogens with one attached hydrogen (secondary N) is 3. The molecule has 0 radical (unpaired) electrons. The van der Waals surface area contributed by atoms with Gasteiger partial charge in [0.15, 0.2) is 17.5 Å². The van der Waals surface area contributed by atoms with E-state index in [0.29, 0.717) is 31.2 Å². The van der Waals surface area contributed by atoms with Gasteiger partial charge in [-0.2, -0.15) is 8.78 Å². The lowest BCUT2D eigenvalue weighted by molar-refractivity contribution is -0.128. The number of aliphatic imine (C=N–C) groups is 1. The van der Waals surface area contributed by atoms with Crippen LogP contribution >= 0.6 is 24.0 Å². The van der Waals surface area contributed by atoms with Crippen LogP contribution in [0.2, 0.25) is 0 Å². The van der Waals surface area contributed by atoms with Gasteiger partial charge in [-0.1, -0.05) is 32.9 Å². The number of ether oxygens (including phenoxy) is 2. The summed E-state index contributed by atoms with van der Waals surface area (Å²) < 4.78 is 35.6. The number of benzene rings is 1. The Kier molecular flexibility index (Phi) is 12.5. The molecular formula is C19H31F2IN4O3. The van der Waals surface area contributed by atoms with Gasteiger partial charge in [-0.3, -0.25) is 9.79 Å². The molecule has 0 aliphatic carbocycles. The van der Waals surface area contributed by atoms with E-state index in [1.165, 1.54) is 0 Å². The topological polar surface area (TPSA) is 84.0 Å². The Bertz CT molecular complexity index is 667. The van der Waals surface area contributed by atoms with Crippen LogP contribution in [-0.4, -0.2) is 45.2 Å². The molecule has 0 aromatic heterocycles. The fraction of sp³-hybridized carbons (Fsp3) is 0.579. The molecule has 0 saturated heterocycles. The Balaban J connectivity index is 0.00000784. The number of halogens is 3. The Morgan fingerprint density at radius 1 is 1.17 bits per heavy atom. The molecule has 29 heavy (non-hydrogen) atoms. The molecular weight excluding hydrogens is 497 g/mol. The number of guanidine groups is 1. The van der Waals surface area contributed by atoms with E-state index >= 15 is 0 Å². The number of carbonyl (C=O) groups excluding carboxylic acids is 1. The number of nitrogens with zero attached hydrogens (tertiary/aromatic N) is 1. The molecule has 10 heteroatoms. The van der Waals surface area contributed by atoms with Crippen molar-refractivity contribution in [3.63, 3.8) is 0 Å². The van der Waals surface area contributed by atoms with Crippen molar-refractivity contribution in [2.75, 3.05) is 26.7 Å². The predicted molar refractivity (Wildman–Crippen MR) is 120 cm³/mol. The maximum atomic E-state index is 12.8. The van der Waals surface area contributed by atoms with Gasteiger partial charge in [0, 0.05) is 37.7 Å². The summed E-state index contributed by atoms with van der Waals surface area (Å²) in [6.45, 7) is 5.75. The summed E-state index contributed by atoms with van der Waals surface area (Å²) in [5.74, 6) is 0.684. The highest BCUT2D eigenvalue weighted by Crippen LogP contribution is 2.32. The van der Waals surface area contributed by atoms with Crippen LogP contribution in [0, 0.1) is 5.41 Å². The molecule has 7 nitrogen and oxygen atoms in total. The van der Waals surface area contributed by atoms with E-state index in [1.54, 1.807) is 32.2 Å². The third-order valence-electron chi connectivity index (χ3n) is 3.62. The number of rotatable bonds is 9. The predicted octanol–water partition coefficient (Wildman–Crippen LogP) is 3.13. The molecule has 1 amide bonds. The molecule has 1 aromatic rings. The maximum absolute atomic E-state index is 12.8. The van der Waals surface area contributed by atoms with Crippen molar-refractivity contribution >= 4 is 35.8 Å². The van der Waals surface area contributed by atoms with E-state index in [9.17, 15) is 13.6 Å². The zero-order valence-corrected chi connectivity index (χ0v) is 19.8. The summed E-state index contributed by atoms with van der Waals surface area (Å²) >= 11 is 0. The molecule has 3 N–H and O–H groups in total. The lowest BCUT2D eigenvalue weighted by Gasteiger charge is -2.19. The SMILES string of the molecule is CCOc1cccc(CNC(=NC)NCCNC(=O)C(C)(C)C)c1OC(F)F.I. The van der Waals surface area contributed by atoms with Gasteiger partial charge in [0.25, 0.3) is 0 Å². The number of para-hydroxylation sites is 1. The zero-order valence-electron chi connectivity index (χ0n) is 17.5. The third kappa shape index (κ3) is 9.95. The average molecular weight is 528 g/mol. The van der Waals surface area contributed by atoms with Gasteiger partial charge < -0.3 is 25.4 Å². The van der Waals surface area contributed by atoms with Crippen LogP contribution in [0.1, 0.15) is 33.3 Å². The molecule has 0 atom stereocenters. The van der Waals surface area contributed by atoms with Crippen molar-refractivity contribution in [1.82, 2.24) is 16.0 Å². The standard InChI is InChI=1S/C19H30F2N4O3.HI/c1-6-27-14-9-7-8-13(15(14)28-17(20)21)12-25-18(22-5)24-11-10-23-16(26)19(2,3)4;/h7-9,17H,6,10-12H2,1-5H3,(H,23,26)(H2,22,24,25);1H. The highest BCUT2D eigenvalue weighted by Gasteiger charge is 2.20. The van der Waals surface area contributed by atoms with Crippen LogP contribution in [0.25, 0.3) is 0 Å². The normalized spacial score (nSPS) is 11.5. The summed E-state index contributed by atoms with van der Waals surface area (Å²) in [5, 5.41) is 8.91. The molecule has 0 bridgehead atoms. The van der Waals surface area contributed by atoms with Gasteiger partial charge in [0.2, 0.25) is 5.91 Å². The summed E-state index contributed by atoms with van der Waals surface area (Å²) in [6, 6.07) is 4.96. The van der Waals surface area contributed by atoms with Crippen molar-refractivity contribution in [3.05, 3.63) is 23.8 Å². The molecule has 0 spiro atoms. The lowest BCUT2D eigenvalue weighted by atomic mass is 9.96. The second-order valence-corrected chi connectivity index (χ2v) is 6.91. The number of hydrogen-bond acceptors (Lipinski definition) is 4. The van der Waals surface area contributed by atoms with Gasteiger partial charge in [0.1, 0.15) is 0 Å². The minimum atomic E-state index is -2.95. The van der Waals surface area contributed by atoms with E-state index < -0.39 is 12.0 Å². The van der Waals surface area contributed by atoms with E-state index in [1.807, 2.05) is 20.8 Å². The summed E-state index contributed by atoms with van der Waals surface area (Å²) in [6.07, 6.45) is 0. The fourth-order valence-corrected chi connectivity index (χ4v) is 2.21. The second-order valence-electron chi connectivity index (χ2n) is 6.91. The van der Waals surface area contributed by atoms with Crippen molar-refractivity contribution in [3.8, 4) is 11.5 Å². The van der Waals surface area contributed by atoms with Gasteiger partial charge in [-0.05, 0) is 13.0 Å². The van der Waals surface area contributed by atoms with Crippen LogP contribution in [-0.2, 0) is 11.3 Å². The summed E-state index contributed by atoms with van der Waals surface area (Å²) in [4.78, 5) is 15.9. The molecule has 1 rings (SSSR count). The molecule has 166 valence electrons. The molecule has 0 aliphatic heterocycles. The third-order valence-corrected chi connectivity index (χ3v) is 3.62. The van der Waals surface area contributed by atoms with Crippen LogP contribution in [0.5, 0.6) is 11.5 Å². The minimum absolute atomic E-state index is 0. The number of carbonyl (C=O) groups is 1. The smallest absolute Gasteiger partial charge is 0.387 e. The van der Waals surface area contributed by atoms with Gasteiger partial charge in [-0.15, -0.1) is 24.0 Å². The van der Waals surface area contributed by atoms with Crippen molar-refractivity contribution in [2.24, 2.45) is 10.4 Å². The van der Waals surface area contributed by atoms with E-state index in [0.717, 1.165) is 0 Å². The summed E-state index contributed by atoms with van der Waals surface area (Å²) in [5.41, 5.74) is 0.0577. The molecule has 1 aromatic carbocycles. The Morgan fingerprint density at radius 3 is 2.38 bits per heavy atom. The summed E-state index contributed by atoms with van der Waals surface area (Å²) in [7, 11) is 1.59. The van der Waals surface area contributed by atoms with Crippen LogP contribution in [0.3, 0.4) is 0 Å². The highest BCUT2D eigenvalue weighted by atomic mass is 127. The maximum Gasteiger partial charge on any atom is 0.387 e. The number of amides is 1. The second kappa shape index (κ2) is 13.4. The molecule has 0 aliphatic rings. The Morgan fingerprint density at radius 2 is 1.83 bits per heavy atom. The largest absolute Gasteiger partial charge is 0.490 e. The van der Waals surface area contributed by atoms with E-state index in [4.69, 9.17) is 4.74 Å². The number of hydrogen-bond donors (Lipinski definition) is 3. The first-order valence-corrected chi connectivity index (χ1v) is 9.11. The Hall–Kier alpha value is -1.85. The van der Waals surface area contributed by atoms with Gasteiger partial charge >= 0.3 is 6.61 Å². The van der Waals surface area contributed by atoms with Crippen molar-refractivity contribution in [1.29, 1.82) is 0 Å². The van der Waals surface area contributed by atoms with Crippen LogP contribution in [0.15, 0.2) is 23.2 Å². The number of alkyl halides is 2. The molecule has 0 fully saturated rings. The molecule has 0 heterocycles. The van der Waals surface area contributed by atoms with Crippen LogP contribution in [0.4, 0.5) is 8.78 Å². The van der Waals surface area contributed by atoms with Gasteiger partial charge in [0.05, 0.1) is 6.61 Å². The first-order chi connectivity index (χ1) is 13.2. The monoisotopic (exact) mass is 528 g/mol. The molecule has 0 unspecified atom stereocenters. The first-order valence-electron chi connectivity index (χ1n) is 9.11. The lowest BCUT2D eigenvalue weighted by Crippen LogP contribution is -2.43. The Labute approximate surface area is 188 Å². The first kappa shape index (κ1) is 27.1. The highest BCUT2D eigenvalue weighted by molar-refractivity contribution is 14.0. The van der Waals surface area contributed by atoms with Crippen molar-refractivity contribution in [2.45, 2.75) is 40.9 Å². The quantitative estimate of drug-likeness (QED) is 0.199. The van der Waals surface area contributed by atoms with Crippen molar-refractivity contribution < 1.29 is 23.0 Å². The molecule has 0 saturated carbocycles. The minimum Gasteiger partial charge on any atom is -0.490 e.